The van der Waals surface area contributed by atoms with E-state index in [1.165, 1.54) is 0 Å². The van der Waals surface area contributed by atoms with E-state index in [-0.39, 0.29) is 24.3 Å². The smallest absolute Gasteiger partial charge is 0.252 e. The van der Waals surface area contributed by atoms with Crippen LogP contribution >= 0.6 is 0 Å². The Balaban J connectivity index is 2.10. The number of methoxy groups -OCH3 is 2. The molecule has 6 heteroatoms. The largest absolute Gasteiger partial charge is 0.493 e. The first kappa shape index (κ1) is 21.3. The zero-order valence-electron chi connectivity index (χ0n) is 17.0. The molecule has 0 bridgehead atoms. The van der Waals surface area contributed by atoms with Gasteiger partial charge in [0.25, 0.3) is 5.91 Å². The summed E-state index contributed by atoms with van der Waals surface area (Å²) in [6.45, 7) is 5.93. The second-order valence-corrected chi connectivity index (χ2v) is 6.88. The fourth-order valence-corrected chi connectivity index (χ4v) is 2.97. The van der Waals surface area contributed by atoms with Crippen LogP contribution in [0.5, 0.6) is 11.5 Å². The Morgan fingerprint density at radius 1 is 1.00 bits per heavy atom. The molecule has 2 amide bonds. The van der Waals surface area contributed by atoms with Crippen molar-refractivity contribution in [3.8, 4) is 11.5 Å². The van der Waals surface area contributed by atoms with Crippen LogP contribution in [-0.2, 0) is 11.3 Å². The maximum atomic E-state index is 12.8. The molecule has 1 unspecified atom stereocenters. The second kappa shape index (κ2) is 9.78. The summed E-state index contributed by atoms with van der Waals surface area (Å²) in [5.74, 6) is 0.603. The molecular weight excluding hydrogens is 356 g/mol. The number of nitrogens with one attached hydrogen (secondary N) is 2. The zero-order valence-corrected chi connectivity index (χ0v) is 17.0. The van der Waals surface area contributed by atoms with Crippen molar-refractivity contribution in [2.45, 2.75) is 33.4 Å². The maximum absolute atomic E-state index is 12.8. The van der Waals surface area contributed by atoms with Crippen LogP contribution in [-0.4, -0.2) is 32.1 Å². The van der Waals surface area contributed by atoms with Gasteiger partial charge in [-0.2, -0.15) is 0 Å². The van der Waals surface area contributed by atoms with Crippen molar-refractivity contribution in [1.29, 1.82) is 0 Å². The summed E-state index contributed by atoms with van der Waals surface area (Å²) in [7, 11) is 3.12. The van der Waals surface area contributed by atoms with E-state index in [0.717, 1.165) is 11.1 Å². The summed E-state index contributed by atoms with van der Waals surface area (Å²) in [4.78, 5) is 25.4. The number of carbonyl (C=O) groups is 2. The Hall–Kier alpha value is -3.02. The second-order valence-electron chi connectivity index (χ2n) is 6.88. The first-order valence-corrected chi connectivity index (χ1v) is 9.23. The minimum atomic E-state index is -0.649. The van der Waals surface area contributed by atoms with E-state index in [0.29, 0.717) is 17.1 Å². The quantitative estimate of drug-likeness (QED) is 0.733. The van der Waals surface area contributed by atoms with Gasteiger partial charge in [-0.3, -0.25) is 9.59 Å². The molecule has 0 saturated carbocycles. The Bertz CT molecular complexity index is 833. The van der Waals surface area contributed by atoms with Gasteiger partial charge in [0, 0.05) is 17.7 Å². The number of carbonyl (C=O) groups excluding carboxylic acids is 2. The van der Waals surface area contributed by atoms with Gasteiger partial charge in [0.05, 0.1) is 14.2 Å². The third-order valence-electron chi connectivity index (χ3n) is 4.56. The van der Waals surface area contributed by atoms with E-state index in [2.05, 4.69) is 10.6 Å². The lowest BCUT2D eigenvalue weighted by Gasteiger charge is -2.22. The van der Waals surface area contributed by atoms with Crippen LogP contribution in [0.3, 0.4) is 0 Å². The number of hydrogen-bond acceptors (Lipinski definition) is 4. The summed E-state index contributed by atoms with van der Waals surface area (Å²) < 4.78 is 10.7. The van der Waals surface area contributed by atoms with Gasteiger partial charge in [-0.1, -0.05) is 44.2 Å². The molecule has 1 atom stereocenters. The van der Waals surface area contributed by atoms with Crippen molar-refractivity contribution in [2.24, 2.45) is 5.92 Å². The third kappa shape index (κ3) is 5.03. The Labute approximate surface area is 166 Å². The summed E-state index contributed by atoms with van der Waals surface area (Å²) in [5, 5.41) is 5.74. The van der Waals surface area contributed by atoms with E-state index in [9.17, 15) is 9.59 Å². The molecule has 2 aromatic rings. The number of ether oxygens (including phenoxy) is 2. The Kier molecular flexibility index (Phi) is 7.44. The maximum Gasteiger partial charge on any atom is 0.252 e. The highest BCUT2D eigenvalue weighted by Gasteiger charge is 2.25. The van der Waals surface area contributed by atoms with E-state index >= 15 is 0 Å². The van der Waals surface area contributed by atoms with E-state index in [1.54, 1.807) is 32.4 Å². The minimum Gasteiger partial charge on any atom is -0.493 e. The minimum absolute atomic E-state index is 0.0693. The average molecular weight is 384 g/mol. The van der Waals surface area contributed by atoms with Gasteiger partial charge in [0.2, 0.25) is 5.91 Å². The number of aryl methyl sites for hydroxylation is 1. The van der Waals surface area contributed by atoms with E-state index < -0.39 is 6.04 Å². The van der Waals surface area contributed by atoms with Crippen molar-refractivity contribution in [3.63, 3.8) is 0 Å². The molecule has 2 rings (SSSR count). The molecular formula is C22H28N2O4. The van der Waals surface area contributed by atoms with Gasteiger partial charge in [0.15, 0.2) is 11.5 Å². The van der Waals surface area contributed by atoms with Crippen LogP contribution in [0.1, 0.15) is 35.3 Å². The molecule has 0 aliphatic heterocycles. The predicted molar refractivity (Wildman–Crippen MR) is 109 cm³/mol. The predicted octanol–water partition coefficient (Wildman–Crippen LogP) is 3.08. The highest BCUT2D eigenvalue weighted by Crippen LogP contribution is 2.30. The molecule has 28 heavy (non-hydrogen) atoms. The summed E-state index contributed by atoms with van der Waals surface area (Å²) >= 11 is 0. The first-order chi connectivity index (χ1) is 13.4. The molecule has 0 aromatic heterocycles. The highest BCUT2D eigenvalue weighted by atomic mass is 16.5. The fourth-order valence-electron chi connectivity index (χ4n) is 2.97. The van der Waals surface area contributed by atoms with Gasteiger partial charge in [-0.05, 0) is 30.5 Å². The van der Waals surface area contributed by atoms with Gasteiger partial charge in [-0.15, -0.1) is 0 Å². The SMILES string of the molecule is COc1cccc(CNC(=O)C(NC(=O)c2ccccc2C)C(C)C)c1OC. The van der Waals surface area contributed by atoms with Gasteiger partial charge >= 0.3 is 0 Å². The van der Waals surface area contributed by atoms with Crippen molar-refractivity contribution in [3.05, 3.63) is 59.2 Å². The highest BCUT2D eigenvalue weighted by molar-refractivity contribution is 5.98. The van der Waals surface area contributed by atoms with Crippen molar-refractivity contribution in [2.75, 3.05) is 14.2 Å². The monoisotopic (exact) mass is 384 g/mol. The lowest BCUT2D eigenvalue weighted by Crippen LogP contribution is -2.49. The Morgan fingerprint density at radius 2 is 1.71 bits per heavy atom. The molecule has 6 nitrogen and oxygen atoms in total. The van der Waals surface area contributed by atoms with Gasteiger partial charge in [-0.25, -0.2) is 0 Å². The fraction of sp³-hybridized carbons (Fsp3) is 0.364. The number of amides is 2. The van der Waals surface area contributed by atoms with E-state index in [4.69, 9.17) is 9.47 Å². The lowest BCUT2D eigenvalue weighted by molar-refractivity contribution is -0.124. The van der Waals surface area contributed by atoms with Crippen LogP contribution in [0.25, 0.3) is 0 Å². The molecule has 0 fully saturated rings. The number of rotatable bonds is 8. The molecule has 0 aliphatic carbocycles. The lowest BCUT2D eigenvalue weighted by atomic mass is 10.0. The summed E-state index contributed by atoms with van der Waals surface area (Å²) in [5.41, 5.74) is 2.22. The Morgan fingerprint density at radius 3 is 2.32 bits per heavy atom. The van der Waals surface area contributed by atoms with Crippen molar-refractivity contribution in [1.82, 2.24) is 10.6 Å². The van der Waals surface area contributed by atoms with Crippen molar-refractivity contribution >= 4 is 11.8 Å². The molecule has 2 N–H and O–H groups in total. The molecule has 0 spiro atoms. The molecule has 0 saturated heterocycles. The van der Waals surface area contributed by atoms with Crippen molar-refractivity contribution < 1.29 is 19.1 Å². The number of hydrogen-bond donors (Lipinski definition) is 2. The van der Waals surface area contributed by atoms with Gasteiger partial charge in [0.1, 0.15) is 6.04 Å². The summed E-state index contributed by atoms with van der Waals surface area (Å²) in [6, 6.07) is 12.1. The molecule has 150 valence electrons. The van der Waals surface area contributed by atoms with Crippen LogP contribution in [0.2, 0.25) is 0 Å². The van der Waals surface area contributed by atoms with E-state index in [1.807, 2.05) is 45.0 Å². The topological polar surface area (TPSA) is 76.7 Å². The third-order valence-corrected chi connectivity index (χ3v) is 4.56. The van der Waals surface area contributed by atoms with Crippen LogP contribution in [0.4, 0.5) is 0 Å². The molecule has 0 radical (unpaired) electrons. The molecule has 0 heterocycles. The normalized spacial score (nSPS) is 11.6. The van der Waals surface area contributed by atoms with Crippen LogP contribution in [0, 0.1) is 12.8 Å². The number of para-hydroxylation sites is 1. The van der Waals surface area contributed by atoms with Crippen LogP contribution < -0.4 is 20.1 Å². The zero-order chi connectivity index (χ0) is 20.7. The number of benzene rings is 2. The average Bonchev–Trinajstić information content (AvgIpc) is 2.69. The first-order valence-electron chi connectivity index (χ1n) is 9.23. The van der Waals surface area contributed by atoms with Crippen LogP contribution in [0.15, 0.2) is 42.5 Å². The molecule has 0 aliphatic rings. The standard InChI is InChI=1S/C22H28N2O4/c1-14(2)19(24-21(25)17-11-7-6-9-15(17)3)22(26)23-13-16-10-8-12-18(27-4)20(16)28-5/h6-12,14,19H,13H2,1-5H3,(H,23,26)(H,24,25). The molecule has 2 aromatic carbocycles. The van der Waals surface area contributed by atoms with Gasteiger partial charge < -0.3 is 20.1 Å². The summed E-state index contributed by atoms with van der Waals surface area (Å²) in [6.07, 6.45) is 0.